The third kappa shape index (κ3) is 3.25. The number of carbonyl (C=O) groups is 1. The van der Waals surface area contributed by atoms with Gasteiger partial charge in [-0.15, -0.1) is 10.2 Å². The molecule has 0 aliphatic rings. The van der Waals surface area contributed by atoms with E-state index in [0.717, 1.165) is 0 Å². The number of H-pyrrole nitrogens is 1. The molecule has 3 N–H and O–H groups in total. The lowest BCUT2D eigenvalue weighted by atomic mass is 10.3. The molecule has 0 bridgehead atoms. The number of nitrogens with zero attached hydrogens (tertiary/aromatic N) is 4. The van der Waals surface area contributed by atoms with Crippen molar-refractivity contribution in [2.45, 2.75) is 13.0 Å². The summed E-state index contributed by atoms with van der Waals surface area (Å²) in [5.41, 5.74) is 0.393. The van der Waals surface area contributed by atoms with Crippen molar-refractivity contribution in [2.75, 3.05) is 5.32 Å². The van der Waals surface area contributed by atoms with Crippen molar-refractivity contribution in [3.05, 3.63) is 40.2 Å². The fraction of sp³-hybridized carbons (Fsp3) is 0.200. The average molecular weight is 277 g/mol. The molecule has 104 valence electrons. The summed E-state index contributed by atoms with van der Waals surface area (Å²) in [5.74, 6) is 0.351. The molecule has 1 aromatic carbocycles. The highest BCUT2D eigenvalue weighted by atomic mass is 16.6. The first-order chi connectivity index (χ1) is 9.56. The van der Waals surface area contributed by atoms with Crippen LogP contribution < -0.4 is 10.6 Å². The molecule has 0 fully saturated rings. The Balaban J connectivity index is 1.92. The van der Waals surface area contributed by atoms with Crippen molar-refractivity contribution in [3.8, 4) is 0 Å². The second-order valence-corrected chi connectivity index (χ2v) is 3.89. The fourth-order valence-electron chi connectivity index (χ4n) is 1.45. The molecule has 10 nitrogen and oxygen atoms in total. The quantitative estimate of drug-likeness (QED) is 0.562. The Morgan fingerprint density at radius 2 is 2.10 bits per heavy atom. The van der Waals surface area contributed by atoms with Crippen LogP contribution in [0.3, 0.4) is 0 Å². The zero-order chi connectivity index (χ0) is 14.5. The number of non-ortho nitro benzene ring substituents is 1. The largest absolute Gasteiger partial charge is 0.328 e. The summed E-state index contributed by atoms with van der Waals surface area (Å²) < 4.78 is 0. The number of anilines is 1. The number of nitrogens with one attached hydrogen (secondary N) is 3. The monoisotopic (exact) mass is 277 g/mol. The van der Waals surface area contributed by atoms with Gasteiger partial charge < -0.3 is 10.6 Å². The maximum Gasteiger partial charge on any atom is 0.319 e. The second-order valence-electron chi connectivity index (χ2n) is 3.89. The van der Waals surface area contributed by atoms with Gasteiger partial charge in [0.15, 0.2) is 5.82 Å². The van der Waals surface area contributed by atoms with Crippen LogP contribution >= 0.6 is 0 Å². The summed E-state index contributed by atoms with van der Waals surface area (Å²) in [6.07, 6.45) is 0. The Hall–Kier alpha value is -3.04. The topological polar surface area (TPSA) is 139 Å². The number of carbonyl (C=O) groups excluding carboxylic acids is 1. The number of rotatable bonds is 4. The molecule has 0 radical (unpaired) electrons. The van der Waals surface area contributed by atoms with Crippen LogP contribution in [0.15, 0.2) is 24.3 Å². The van der Waals surface area contributed by atoms with Gasteiger partial charge in [0.05, 0.1) is 11.0 Å². The highest BCUT2D eigenvalue weighted by Crippen LogP contribution is 2.15. The molecular formula is C10H11N7O3. The normalized spacial score (nSPS) is 11.7. The molecular weight excluding hydrogens is 266 g/mol. The molecule has 0 saturated heterocycles. The SMILES string of the molecule is CC(NC(=O)Nc1ccc([N+](=O)[O-])cc1)c1nn[nH]n1. The molecule has 10 heteroatoms. The first-order valence-electron chi connectivity index (χ1n) is 5.61. The van der Waals surface area contributed by atoms with E-state index in [1.165, 1.54) is 24.3 Å². The summed E-state index contributed by atoms with van der Waals surface area (Å²) in [6, 6.07) is 4.59. The highest BCUT2D eigenvalue weighted by molar-refractivity contribution is 5.89. The van der Waals surface area contributed by atoms with Gasteiger partial charge in [-0.25, -0.2) is 4.79 Å². The molecule has 2 amide bonds. The zero-order valence-electron chi connectivity index (χ0n) is 10.4. The lowest BCUT2D eigenvalue weighted by Crippen LogP contribution is -2.31. The third-order valence-corrected chi connectivity index (χ3v) is 2.43. The van der Waals surface area contributed by atoms with Gasteiger partial charge in [0.25, 0.3) is 5.69 Å². The number of nitro benzene ring substituents is 1. The number of aromatic nitrogens is 4. The van der Waals surface area contributed by atoms with Crippen LogP contribution in [0.1, 0.15) is 18.8 Å². The van der Waals surface area contributed by atoms with Crippen LogP contribution in [0.25, 0.3) is 0 Å². The van der Waals surface area contributed by atoms with Crippen LogP contribution in [0.5, 0.6) is 0 Å². The Labute approximate surface area is 112 Å². The molecule has 0 aliphatic heterocycles. The fourth-order valence-corrected chi connectivity index (χ4v) is 1.45. The molecule has 20 heavy (non-hydrogen) atoms. The second kappa shape index (κ2) is 5.73. The van der Waals surface area contributed by atoms with Gasteiger partial charge in [-0.1, -0.05) is 5.21 Å². The minimum absolute atomic E-state index is 0.0453. The smallest absolute Gasteiger partial charge is 0.319 e. The zero-order valence-corrected chi connectivity index (χ0v) is 10.4. The molecule has 1 unspecified atom stereocenters. The Morgan fingerprint density at radius 3 is 2.65 bits per heavy atom. The Morgan fingerprint density at radius 1 is 1.40 bits per heavy atom. The van der Waals surface area contributed by atoms with Crippen LogP contribution in [0, 0.1) is 10.1 Å². The predicted molar refractivity (Wildman–Crippen MR) is 67.8 cm³/mol. The van der Waals surface area contributed by atoms with Crippen LogP contribution in [0.2, 0.25) is 0 Å². The van der Waals surface area contributed by atoms with Crippen molar-refractivity contribution < 1.29 is 9.72 Å². The Kier molecular flexibility index (Phi) is 3.84. The van der Waals surface area contributed by atoms with E-state index >= 15 is 0 Å². The summed E-state index contributed by atoms with van der Waals surface area (Å²) in [4.78, 5) is 21.7. The summed E-state index contributed by atoms with van der Waals surface area (Å²) in [5, 5.41) is 28.8. The molecule has 1 aromatic heterocycles. The van der Waals surface area contributed by atoms with Gasteiger partial charge in [-0.05, 0) is 19.1 Å². The molecule has 0 saturated carbocycles. The lowest BCUT2D eigenvalue weighted by Gasteiger charge is -2.11. The number of hydrogen-bond donors (Lipinski definition) is 3. The van der Waals surface area contributed by atoms with Crippen LogP contribution in [-0.4, -0.2) is 31.6 Å². The van der Waals surface area contributed by atoms with E-state index in [2.05, 4.69) is 31.3 Å². The van der Waals surface area contributed by atoms with Crippen molar-refractivity contribution in [1.29, 1.82) is 0 Å². The number of hydrogen-bond acceptors (Lipinski definition) is 6. The van der Waals surface area contributed by atoms with E-state index in [-0.39, 0.29) is 5.69 Å². The number of tetrazole rings is 1. The van der Waals surface area contributed by atoms with Gasteiger partial charge in [0.2, 0.25) is 0 Å². The van der Waals surface area contributed by atoms with Crippen LogP contribution in [-0.2, 0) is 0 Å². The summed E-state index contributed by atoms with van der Waals surface area (Å²) in [7, 11) is 0. The van der Waals surface area contributed by atoms with Gasteiger partial charge in [-0.3, -0.25) is 10.1 Å². The van der Waals surface area contributed by atoms with E-state index in [4.69, 9.17) is 0 Å². The minimum atomic E-state index is -0.512. The van der Waals surface area contributed by atoms with E-state index in [9.17, 15) is 14.9 Å². The van der Waals surface area contributed by atoms with E-state index < -0.39 is 17.0 Å². The standard InChI is InChI=1S/C10H11N7O3/c1-6(9-13-15-16-14-9)11-10(18)12-7-2-4-8(5-3-7)17(19)20/h2-6H,1H3,(H2,11,12,18)(H,13,14,15,16). The Bertz CT molecular complexity index is 596. The third-order valence-electron chi connectivity index (χ3n) is 2.43. The van der Waals surface area contributed by atoms with Gasteiger partial charge in [-0.2, -0.15) is 5.21 Å². The molecule has 1 atom stereocenters. The van der Waals surface area contributed by atoms with Crippen molar-refractivity contribution >= 4 is 17.4 Å². The summed E-state index contributed by atoms with van der Waals surface area (Å²) >= 11 is 0. The predicted octanol–water partition coefficient (Wildman–Crippen LogP) is 0.991. The minimum Gasteiger partial charge on any atom is -0.328 e. The number of urea groups is 1. The molecule has 1 heterocycles. The van der Waals surface area contributed by atoms with Gasteiger partial charge in [0.1, 0.15) is 0 Å². The number of nitro groups is 1. The van der Waals surface area contributed by atoms with Crippen molar-refractivity contribution in [3.63, 3.8) is 0 Å². The molecule has 0 aliphatic carbocycles. The van der Waals surface area contributed by atoms with Crippen molar-refractivity contribution in [1.82, 2.24) is 25.9 Å². The maximum atomic E-state index is 11.7. The van der Waals surface area contributed by atoms with E-state index in [0.29, 0.717) is 11.5 Å². The van der Waals surface area contributed by atoms with Crippen molar-refractivity contribution in [2.24, 2.45) is 0 Å². The first-order valence-corrected chi connectivity index (χ1v) is 5.61. The van der Waals surface area contributed by atoms with Crippen LogP contribution in [0.4, 0.5) is 16.2 Å². The number of aromatic amines is 1. The van der Waals surface area contributed by atoms with E-state index in [1.807, 2.05) is 0 Å². The maximum absolute atomic E-state index is 11.7. The van der Waals surface area contributed by atoms with E-state index in [1.54, 1.807) is 6.92 Å². The number of amides is 2. The molecule has 0 spiro atoms. The first kappa shape index (κ1) is 13.4. The summed E-state index contributed by atoms with van der Waals surface area (Å²) in [6.45, 7) is 1.69. The highest BCUT2D eigenvalue weighted by Gasteiger charge is 2.13. The molecule has 2 aromatic rings. The van der Waals surface area contributed by atoms with Gasteiger partial charge in [0, 0.05) is 17.8 Å². The lowest BCUT2D eigenvalue weighted by molar-refractivity contribution is -0.384. The number of benzene rings is 1. The average Bonchev–Trinajstić information content (AvgIpc) is 2.93. The molecule has 2 rings (SSSR count). The van der Waals surface area contributed by atoms with Gasteiger partial charge >= 0.3 is 6.03 Å².